The first-order chi connectivity index (χ1) is 74.3. The van der Waals surface area contributed by atoms with Crippen molar-refractivity contribution >= 4 is 173 Å². The summed E-state index contributed by atoms with van der Waals surface area (Å²) in [4.78, 5) is 26.6. The molecule has 0 saturated carbocycles. The number of aromatic nitrogens is 5. The molecule has 150 heavy (non-hydrogen) atoms. The maximum absolute atomic E-state index is 9.39. The van der Waals surface area contributed by atoms with Crippen LogP contribution in [0.25, 0.3) is 296 Å². The molecule has 30 aromatic rings. The van der Waals surface area contributed by atoms with Gasteiger partial charge in [-0.25, -0.2) is 24.9 Å². The van der Waals surface area contributed by atoms with Gasteiger partial charge in [0, 0.05) is 81.7 Å². The van der Waals surface area contributed by atoms with Crippen LogP contribution in [0.5, 0.6) is 0 Å². The number of fused-ring (bicyclic) bond motifs is 20. The van der Waals surface area contributed by atoms with Crippen LogP contribution >= 0.6 is 0 Å². The van der Waals surface area contributed by atoms with Crippen LogP contribution < -0.4 is 0 Å². The van der Waals surface area contributed by atoms with Gasteiger partial charge in [0.15, 0.2) is 0 Å². The molecule has 0 radical (unpaired) electrons. The predicted octanol–water partition coefficient (Wildman–Crippen LogP) is 38.7. The molecule has 0 fully saturated rings. The molecule has 5 heterocycles. The second-order valence-corrected chi connectivity index (χ2v) is 38.8. The van der Waals surface area contributed by atoms with E-state index >= 15 is 0 Å². The van der Waals surface area contributed by atoms with Crippen molar-refractivity contribution in [1.29, 1.82) is 5.26 Å². The minimum Gasteiger partial charge on any atom is -0.248 e. The summed E-state index contributed by atoms with van der Waals surface area (Å²) in [6.45, 7) is 0. The topological polar surface area (TPSA) is 88.2 Å². The number of nitriles is 1. The van der Waals surface area contributed by atoms with Crippen LogP contribution in [0.3, 0.4) is 0 Å². The van der Waals surface area contributed by atoms with Crippen LogP contribution in [0, 0.1) is 11.3 Å². The number of nitrogens with zero attached hydrogens (tertiary/aromatic N) is 6. The van der Waals surface area contributed by atoms with Crippen LogP contribution in [0.2, 0.25) is 0 Å². The first-order valence-corrected chi connectivity index (χ1v) is 51.1. The maximum Gasteiger partial charge on any atom is 0.0991 e. The van der Waals surface area contributed by atoms with E-state index in [1.807, 2.05) is 24.3 Å². The molecular formula is C144H88N6. The average molecular weight is 1900 g/mol. The van der Waals surface area contributed by atoms with Crippen LogP contribution in [0.15, 0.2) is 534 Å². The zero-order chi connectivity index (χ0) is 99.2. The molecule has 0 bridgehead atoms. The Morgan fingerprint density at radius 2 is 0.380 bits per heavy atom. The summed E-state index contributed by atoms with van der Waals surface area (Å²) in [6.07, 6.45) is 0. The number of hydrogen-bond acceptors (Lipinski definition) is 6. The lowest BCUT2D eigenvalue weighted by Gasteiger charge is -2.17. The lowest BCUT2D eigenvalue weighted by Crippen LogP contribution is -1.94. The highest BCUT2D eigenvalue weighted by molar-refractivity contribution is 6.24. The lowest BCUT2D eigenvalue weighted by atomic mass is 9.88. The summed E-state index contributed by atoms with van der Waals surface area (Å²) in [5.41, 5.74) is 31.5. The van der Waals surface area contributed by atoms with Crippen molar-refractivity contribution in [3.05, 3.63) is 539 Å². The molecule has 0 atom stereocenters. The molecule has 25 aromatic carbocycles. The van der Waals surface area contributed by atoms with E-state index in [-0.39, 0.29) is 0 Å². The van der Waals surface area contributed by atoms with Crippen LogP contribution in [0.4, 0.5) is 0 Å². The Kier molecular flexibility index (Phi) is 21.6. The third-order valence-corrected chi connectivity index (χ3v) is 30.4. The van der Waals surface area contributed by atoms with Gasteiger partial charge in [0.2, 0.25) is 0 Å². The molecule has 0 aliphatic rings. The molecule has 694 valence electrons. The molecule has 30 rings (SSSR count). The molecule has 6 heteroatoms. The van der Waals surface area contributed by atoms with Crippen LogP contribution in [-0.4, -0.2) is 24.9 Å². The van der Waals surface area contributed by atoms with Gasteiger partial charge in [0.05, 0.1) is 67.5 Å². The Bertz CT molecular complexity index is 10700. The third kappa shape index (κ3) is 15.3. The van der Waals surface area contributed by atoms with Gasteiger partial charge in [-0.2, -0.15) is 5.26 Å². The number of hydrogen-bond donors (Lipinski definition) is 0. The molecule has 6 nitrogen and oxygen atoms in total. The first-order valence-electron chi connectivity index (χ1n) is 51.1. The summed E-state index contributed by atoms with van der Waals surface area (Å²) in [5, 5.41) is 40.1. The second kappa shape index (κ2) is 36.9. The van der Waals surface area contributed by atoms with E-state index in [9.17, 15) is 5.26 Å². The summed E-state index contributed by atoms with van der Waals surface area (Å²) < 4.78 is 0. The molecular weight excluding hydrogens is 1810 g/mol. The highest BCUT2D eigenvalue weighted by Gasteiger charge is 2.26. The van der Waals surface area contributed by atoms with Crippen molar-refractivity contribution in [3.8, 4) is 129 Å². The molecule has 5 aromatic heterocycles. The van der Waals surface area contributed by atoms with Gasteiger partial charge < -0.3 is 0 Å². The summed E-state index contributed by atoms with van der Waals surface area (Å²) in [5.74, 6) is 0. The molecule has 0 N–H and O–H groups in total. The monoisotopic (exact) mass is 1900 g/mol. The molecule has 0 amide bonds. The van der Waals surface area contributed by atoms with Crippen molar-refractivity contribution in [2.75, 3.05) is 0 Å². The van der Waals surface area contributed by atoms with Gasteiger partial charge in [-0.15, -0.1) is 0 Å². The Labute approximate surface area is 865 Å². The molecule has 0 unspecified atom stereocenters. The Balaban J connectivity index is 0.000000109. The zero-order valence-corrected chi connectivity index (χ0v) is 81.5. The van der Waals surface area contributed by atoms with Crippen molar-refractivity contribution in [3.63, 3.8) is 0 Å². The van der Waals surface area contributed by atoms with E-state index < -0.39 is 0 Å². The van der Waals surface area contributed by atoms with Crippen molar-refractivity contribution in [2.45, 2.75) is 0 Å². The lowest BCUT2D eigenvalue weighted by molar-refractivity contribution is 1.42. The largest absolute Gasteiger partial charge is 0.248 e. The van der Waals surface area contributed by atoms with Crippen molar-refractivity contribution in [2.24, 2.45) is 0 Å². The minimum atomic E-state index is 0.654. The van der Waals surface area contributed by atoms with Gasteiger partial charge in [-0.3, -0.25) is 0 Å². The van der Waals surface area contributed by atoms with Gasteiger partial charge >= 0.3 is 0 Å². The van der Waals surface area contributed by atoms with Crippen LogP contribution in [0.1, 0.15) is 5.56 Å². The number of pyridine rings is 5. The Morgan fingerprint density at radius 1 is 0.140 bits per heavy atom. The van der Waals surface area contributed by atoms with Gasteiger partial charge in [-0.1, -0.05) is 467 Å². The van der Waals surface area contributed by atoms with Crippen molar-refractivity contribution < 1.29 is 0 Å². The summed E-state index contributed by atoms with van der Waals surface area (Å²) in [6, 6.07) is 193. The first kappa shape index (κ1) is 87.7. The standard InChI is InChI=1S/2C52H32N2.C40H24N2/c1-3-17-37-33(13-1)15-11-24-39(37)47-32-50(42-25-12-16-34-14-2-4-18-38(34)42)54-52-45-23-8-6-20-41(45)46(31-48(47)52)35-27-29-36(30-28-35)51-44-22-7-5-19-40(44)43-21-9-10-26-49(43)53-51;1-3-17-37-33(13-1)15-11-23-39(37)46-32-50(41-24-12-16-34-14-2-4-18-38(34)41)54-52-42-20-6-5-19-40(42)45(31-47(46)52)35-27-29-36(30-28-35)51-43-21-7-9-25-48(43)53-49-26-10-8-22-44(49)51;41-25-26-19-21-29(22-20-26)36-23-38-37(32-17-7-11-27-9-1-3-13-30(27)32)24-39(42-40(38)35-16-6-5-15-33(35)36)34-18-8-12-28-10-2-4-14-31(28)34/h2*1-32H;1-24H. The minimum absolute atomic E-state index is 0.654. The van der Waals surface area contributed by atoms with E-state index in [0.29, 0.717) is 5.56 Å². The molecule has 0 aliphatic carbocycles. The fourth-order valence-electron chi connectivity index (χ4n) is 23.3. The predicted molar refractivity (Wildman–Crippen MR) is 633 cm³/mol. The van der Waals surface area contributed by atoms with Gasteiger partial charge in [-0.05, 0) is 225 Å². The molecule has 0 spiro atoms. The number of rotatable bonds is 11. The van der Waals surface area contributed by atoms with E-state index in [1.165, 1.54) is 142 Å². The Hall–Kier alpha value is -20.1. The highest BCUT2D eigenvalue weighted by Crippen LogP contribution is 2.50. The fourth-order valence-corrected chi connectivity index (χ4v) is 23.3. The fraction of sp³-hybridized carbons (Fsp3) is 0. The van der Waals surface area contributed by atoms with E-state index in [2.05, 4.69) is 516 Å². The SMILES string of the molecule is N#Cc1ccc(-c2cc3c(-c4cccc5ccccc45)cc(-c4cccc5ccccc45)nc3c3ccccc23)cc1.c1ccc2c(-c3cc(-c4cccc5ccccc45)c4cc(-c5ccc(-c6c7ccccc7nc7ccccc67)cc5)c5ccccc5c4n3)cccc2c1.c1ccc2c(-c3cc(-c4cccc5ccccc45)c4cc(-c5ccc(-c6nc7ccccc7c7ccccc67)cc5)c5ccccc5c4n3)cccc2c1. The average Bonchev–Trinajstić information content (AvgIpc) is 0.735. The summed E-state index contributed by atoms with van der Waals surface area (Å²) >= 11 is 0. The van der Waals surface area contributed by atoms with Crippen LogP contribution in [-0.2, 0) is 0 Å². The molecule has 0 aliphatic heterocycles. The normalized spacial score (nSPS) is 11.6. The maximum atomic E-state index is 9.39. The third-order valence-electron chi connectivity index (χ3n) is 30.4. The second-order valence-electron chi connectivity index (χ2n) is 38.8. The smallest absolute Gasteiger partial charge is 0.0991 e. The van der Waals surface area contributed by atoms with E-state index in [1.54, 1.807) is 0 Å². The number of para-hydroxylation sites is 3. The van der Waals surface area contributed by atoms with Gasteiger partial charge in [0.1, 0.15) is 0 Å². The van der Waals surface area contributed by atoms with E-state index in [0.717, 1.165) is 154 Å². The molecule has 0 saturated heterocycles. The van der Waals surface area contributed by atoms with Crippen molar-refractivity contribution in [1.82, 2.24) is 24.9 Å². The Morgan fingerprint density at radius 3 is 0.713 bits per heavy atom. The quantitative estimate of drug-likeness (QED) is 0.0947. The van der Waals surface area contributed by atoms with E-state index in [4.69, 9.17) is 24.9 Å². The summed E-state index contributed by atoms with van der Waals surface area (Å²) in [7, 11) is 0. The number of benzene rings is 25. The van der Waals surface area contributed by atoms with Gasteiger partial charge in [0.25, 0.3) is 0 Å². The highest BCUT2D eigenvalue weighted by atomic mass is 14.7. The zero-order valence-electron chi connectivity index (χ0n) is 81.5.